The van der Waals surface area contributed by atoms with Crippen LogP contribution in [0.2, 0.25) is 0 Å². The molecule has 21 heavy (non-hydrogen) atoms. The van der Waals surface area contributed by atoms with Crippen LogP contribution in [0.15, 0.2) is 46.4 Å². The lowest BCUT2D eigenvalue weighted by Crippen LogP contribution is -2.05. The number of carbonyl (C=O) groups is 1. The Kier molecular flexibility index (Phi) is 4.52. The number of esters is 1. The summed E-state index contributed by atoms with van der Waals surface area (Å²) in [6.45, 7) is 1.85. The van der Waals surface area contributed by atoms with Gasteiger partial charge in [-0.3, -0.25) is 0 Å². The molecule has 0 amide bonds. The Hall–Kier alpha value is -2.87. The van der Waals surface area contributed by atoms with E-state index in [4.69, 9.17) is 14.4 Å². The lowest BCUT2D eigenvalue weighted by atomic mass is 10.2. The van der Waals surface area contributed by atoms with Gasteiger partial charge in [0.1, 0.15) is 29.0 Å². The number of furan rings is 1. The molecule has 0 saturated carbocycles. The van der Waals surface area contributed by atoms with Crippen LogP contribution < -0.4 is 0 Å². The average Bonchev–Trinajstić information content (AvgIpc) is 2.94. The standard InChI is InChI=1S/C16H12FNO3/c1-2-20-16(19)12(10-18)9-14-7-8-15(21-14)11-3-5-13(17)6-4-11/h3-9H,2H2,1H3. The molecule has 2 rings (SSSR count). The quantitative estimate of drug-likeness (QED) is 0.489. The number of ether oxygens (including phenoxy) is 1. The lowest BCUT2D eigenvalue weighted by Gasteiger charge is -1.98. The summed E-state index contributed by atoms with van der Waals surface area (Å²) in [5.74, 6) is -0.166. The Bertz CT molecular complexity index is 708. The number of hydrogen-bond acceptors (Lipinski definition) is 4. The van der Waals surface area contributed by atoms with Crippen molar-refractivity contribution in [2.24, 2.45) is 0 Å². The largest absolute Gasteiger partial charge is 0.462 e. The molecule has 0 spiro atoms. The van der Waals surface area contributed by atoms with Gasteiger partial charge in [-0.15, -0.1) is 0 Å². The molecule has 1 aromatic heterocycles. The Balaban J connectivity index is 2.25. The summed E-state index contributed by atoms with van der Waals surface area (Å²) in [4.78, 5) is 11.5. The van der Waals surface area contributed by atoms with E-state index in [-0.39, 0.29) is 18.0 Å². The molecule has 0 bridgehead atoms. The van der Waals surface area contributed by atoms with Crippen molar-refractivity contribution >= 4 is 12.0 Å². The minimum absolute atomic E-state index is 0.142. The molecule has 5 heteroatoms. The number of rotatable bonds is 4. The maximum Gasteiger partial charge on any atom is 0.349 e. The number of nitriles is 1. The molecule has 1 heterocycles. The molecule has 106 valence electrons. The zero-order valence-electron chi connectivity index (χ0n) is 11.3. The summed E-state index contributed by atoms with van der Waals surface area (Å²) in [7, 11) is 0. The van der Waals surface area contributed by atoms with Gasteiger partial charge < -0.3 is 9.15 Å². The van der Waals surface area contributed by atoms with Gasteiger partial charge in [0.15, 0.2) is 0 Å². The van der Waals surface area contributed by atoms with Crippen LogP contribution >= 0.6 is 0 Å². The Morgan fingerprint density at radius 1 is 1.33 bits per heavy atom. The predicted octanol–water partition coefficient (Wildman–Crippen LogP) is 3.56. The van der Waals surface area contributed by atoms with Crippen molar-refractivity contribution in [1.82, 2.24) is 0 Å². The summed E-state index contributed by atoms with van der Waals surface area (Å²) in [6.07, 6.45) is 1.31. The van der Waals surface area contributed by atoms with Crippen LogP contribution in [0.3, 0.4) is 0 Å². The van der Waals surface area contributed by atoms with E-state index in [9.17, 15) is 9.18 Å². The van der Waals surface area contributed by atoms with Gasteiger partial charge in [-0.2, -0.15) is 5.26 Å². The SMILES string of the molecule is CCOC(=O)C(C#N)=Cc1ccc(-c2ccc(F)cc2)o1. The van der Waals surface area contributed by atoms with Crippen molar-refractivity contribution in [3.05, 3.63) is 53.5 Å². The topological polar surface area (TPSA) is 63.2 Å². The molecule has 0 saturated heterocycles. The third-order valence-electron chi connectivity index (χ3n) is 2.66. The lowest BCUT2D eigenvalue weighted by molar-refractivity contribution is -0.137. The molecule has 4 nitrogen and oxygen atoms in total. The van der Waals surface area contributed by atoms with Gasteiger partial charge in [-0.05, 0) is 43.3 Å². The molecule has 0 N–H and O–H groups in total. The fourth-order valence-corrected chi connectivity index (χ4v) is 1.69. The van der Waals surface area contributed by atoms with Crippen molar-refractivity contribution in [2.45, 2.75) is 6.92 Å². The van der Waals surface area contributed by atoms with Gasteiger partial charge in [0.05, 0.1) is 6.61 Å². The van der Waals surface area contributed by atoms with Gasteiger partial charge in [0.25, 0.3) is 0 Å². The third kappa shape index (κ3) is 3.57. The number of hydrogen-bond donors (Lipinski definition) is 0. The van der Waals surface area contributed by atoms with Crippen LogP contribution in [0.5, 0.6) is 0 Å². The molecular weight excluding hydrogens is 273 g/mol. The number of halogens is 1. The Morgan fingerprint density at radius 2 is 2.05 bits per heavy atom. The van der Waals surface area contributed by atoms with Crippen LogP contribution in [-0.4, -0.2) is 12.6 Å². The first-order valence-corrected chi connectivity index (χ1v) is 6.28. The van der Waals surface area contributed by atoms with Gasteiger partial charge in [-0.1, -0.05) is 0 Å². The maximum absolute atomic E-state index is 12.9. The molecule has 0 aliphatic carbocycles. The minimum Gasteiger partial charge on any atom is -0.462 e. The highest BCUT2D eigenvalue weighted by atomic mass is 19.1. The van der Waals surface area contributed by atoms with E-state index in [0.717, 1.165) is 0 Å². The molecule has 2 aromatic rings. The number of carbonyl (C=O) groups excluding carboxylic acids is 1. The van der Waals surface area contributed by atoms with Gasteiger partial charge in [-0.25, -0.2) is 9.18 Å². The summed E-state index contributed by atoms with van der Waals surface area (Å²) in [6, 6.07) is 10.9. The summed E-state index contributed by atoms with van der Waals surface area (Å²) in [5, 5.41) is 8.94. The summed E-state index contributed by atoms with van der Waals surface area (Å²) < 4.78 is 23.1. The highest BCUT2D eigenvalue weighted by molar-refractivity contribution is 5.97. The molecule has 0 radical (unpaired) electrons. The van der Waals surface area contributed by atoms with E-state index in [2.05, 4.69) is 0 Å². The van der Waals surface area contributed by atoms with Crippen molar-refractivity contribution in [3.8, 4) is 17.4 Å². The second-order valence-electron chi connectivity index (χ2n) is 4.10. The van der Waals surface area contributed by atoms with Crippen LogP contribution in [-0.2, 0) is 9.53 Å². The zero-order chi connectivity index (χ0) is 15.2. The van der Waals surface area contributed by atoms with Crippen molar-refractivity contribution in [2.75, 3.05) is 6.61 Å². The van der Waals surface area contributed by atoms with Gasteiger partial charge in [0, 0.05) is 11.6 Å². The minimum atomic E-state index is -0.695. The first-order chi connectivity index (χ1) is 10.1. The van der Waals surface area contributed by atoms with Crippen molar-refractivity contribution in [1.29, 1.82) is 5.26 Å². The normalized spacial score (nSPS) is 11.0. The van der Waals surface area contributed by atoms with Crippen LogP contribution in [0.25, 0.3) is 17.4 Å². The molecule has 0 fully saturated rings. The summed E-state index contributed by atoms with van der Waals surface area (Å²) in [5.41, 5.74) is 0.558. The van der Waals surface area contributed by atoms with E-state index in [0.29, 0.717) is 17.1 Å². The molecule has 0 atom stereocenters. The highest BCUT2D eigenvalue weighted by Gasteiger charge is 2.11. The van der Waals surface area contributed by atoms with E-state index in [1.807, 2.05) is 0 Å². The fraction of sp³-hybridized carbons (Fsp3) is 0.125. The van der Waals surface area contributed by atoms with E-state index in [1.165, 1.54) is 18.2 Å². The van der Waals surface area contributed by atoms with E-state index < -0.39 is 5.97 Å². The van der Waals surface area contributed by atoms with Crippen LogP contribution in [0.1, 0.15) is 12.7 Å². The highest BCUT2D eigenvalue weighted by Crippen LogP contribution is 2.23. The molecule has 1 aromatic carbocycles. The number of benzene rings is 1. The average molecular weight is 285 g/mol. The molecule has 0 aliphatic heterocycles. The zero-order valence-corrected chi connectivity index (χ0v) is 11.3. The molecular formula is C16H12FNO3. The second-order valence-corrected chi connectivity index (χ2v) is 4.10. The van der Waals surface area contributed by atoms with Gasteiger partial charge >= 0.3 is 5.97 Å². The van der Waals surface area contributed by atoms with Crippen LogP contribution in [0.4, 0.5) is 4.39 Å². The smallest absolute Gasteiger partial charge is 0.349 e. The second kappa shape index (κ2) is 6.53. The Morgan fingerprint density at radius 3 is 2.67 bits per heavy atom. The Labute approximate surface area is 121 Å². The predicted molar refractivity (Wildman–Crippen MR) is 74.3 cm³/mol. The first-order valence-electron chi connectivity index (χ1n) is 6.28. The first kappa shape index (κ1) is 14.5. The van der Waals surface area contributed by atoms with E-state index in [1.54, 1.807) is 37.3 Å². The van der Waals surface area contributed by atoms with Crippen LogP contribution in [0, 0.1) is 17.1 Å². The summed E-state index contributed by atoms with van der Waals surface area (Å²) >= 11 is 0. The number of nitrogens with zero attached hydrogens (tertiary/aromatic N) is 1. The monoisotopic (exact) mass is 285 g/mol. The fourth-order valence-electron chi connectivity index (χ4n) is 1.69. The maximum atomic E-state index is 12.9. The van der Waals surface area contributed by atoms with Gasteiger partial charge in [0.2, 0.25) is 0 Å². The van der Waals surface area contributed by atoms with Crippen molar-refractivity contribution in [3.63, 3.8) is 0 Å². The third-order valence-corrected chi connectivity index (χ3v) is 2.66. The van der Waals surface area contributed by atoms with Crippen molar-refractivity contribution < 1.29 is 18.3 Å². The molecule has 0 unspecified atom stereocenters. The molecule has 0 aliphatic rings. The van der Waals surface area contributed by atoms with E-state index >= 15 is 0 Å².